The summed E-state index contributed by atoms with van der Waals surface area (Å²) in [6.07, 6.45) is 5.52. The van der Waals surface area contributed by atoms with Gasteiger partial charge in [-0.15, -0.1) is 0 Å². The number of likely N-dealkylation sites (tertiary alicyclic amines) is 2. The highest BCUT2D eigenvalue weighted by Crippen LogP contribution is 2.06. The van der Waals surface area contributed by atoms with E-state index < -0.39 is 0 Å². The molecule has 0 radical (unpaired) electrons. The molecule has 2 saturated heterocycles. The highest BCUT2D eigenvalue weighted by molar-refractivity contribution is 5.79. The van der Waals surface area contributed by atoms with Gasteiger partial charge in [-0.25, -0.2) is 0 Å². The fraction of sp³-hybridized carbons (Fsp3) is 0.409. The molecule has 2 aliphatic rings. The topological polar surface area (TPSA) is 64.7 Å². The van der Waals surface area contributed by atoms with E-state index in [0.717, 1.165) is 91.1 Å². The van der Waals surface area contributed by atoms with Gasteiger partial charge in [0.25, 0.3) is 0 Å². The van der Waals surface area contributed by atoms with Gasteiger partial charge in [-0.1, -0.05) is 135 Å². The molecule has 2 heterocycles. The summed E-state index contributed by atoms with van der Waals surface area (Å²) in [5.74, 6) is 0.875. The lowest BCUT2D eigenvalue weighted by Gasteiger charge is -2.24. The molecule has 0 spiro atoms. The summed E-state index contributed by atoms with van der Waals surface area (Å²) in [6, 6.07) is 41.8. The minimum atomic E-state index is 0.437. The molecular weight excluding hydrogens is 617 g/mol. The van der Waals surface area contributed by atoms with E-state index in [1.165, 1.54) is 35.1 Å². The van der Waals surface area contributed by atoms with Crippen LogP contribution in [0.3, 0.4) is 0 Å². The van der Waals surface area contributed by atoms with Crippen LogP contribution >= 0.6 is 0 Å². The van der Waals surface area contributed by atoms with E-state index >= 15 is 0 Å². The molecule has 0 aliphatic carbocycles. The third kappa shape index (κ3) is 18.7. The zero-order valence-corrected chi connectivity index (χ0v) is 30.6. The van der Waals surface area contributed by atoms with Crippen LogP contribution in [0, 0.1) is 0 Å². The van der Waals surface area contributed by atoms with Gasteiger partial charge in [0.05, 0.1) is 0 Å². The first-order valence-corrected chi connectivity index (χ1v) is 18.6. The van der Waals surface area contributed by atoms with Gasteiger partial charge in [0.15, 0.2) is 0 Å². The second-order valence-corrected chi connectivity index (χ2v) is 12.9. The van der Waals surface area contributed by atoms with Crippen molar-refractivity contribution in [3.63, 3.8) is 0 Å². The lowest BCUT2D eigenvalue weighted by atomic mass is 10.1. The molecule has 50 heavy (non-hydrogen) atoms. The third-order valence-corrected chi connectivity index (χ3v) is 8.59. The molecule has 0 unspecified atom stereocenters. The summed E-state index contributed by atoms with van der Waals surface area (Å²) < 4.78 is 0. The SMILES string of the molecule is CCCN1CCC(=O)CC1.CCCN1CCC(=O)CC1.c1ccc(CNCc2ccccc2)cc1.c1ccc(CNCc2ccccc2)cc1. The highest BCUT2D eigenvalue weighted by atomic mass is 16.1. The van der Waals surface area contributed by atoms with Crippen molar-refractivity contribution in [1.29, 1.82) is 0 Å². The molecule has 4 aromatic carbocycles. The van der Waals surface area contributed by atoms with Crippen LogP contribution in [0.1, 0.15) is 74.6 Å². The van der Waals surface area contributed by atoms with E-state index in [1.54, 1.807) is 0 Å². The third-order valence-electron chi connectivity index (χ3n) is 8.59. The molecule has 0 aromatic heterocycles. The zero-order valence-electron chi connectivity index (χ0n) is 30.6. The number of benzene rings is 4. The number of hydrogen-bond acceptors (Lipinski definition) is 6. The Hall–Kier alpha value is -3.94. The Morgan fingerprint density at radius 2 is 0.660 bits per heavy atom. The fourth-order valence-corrected chi connectivity index (χ4v) is 5.77. The summed E-state index contributed by atoms with van der Waals surface area (Å²) in [5, 5.41) is 6.84. The maximum Gasteiger partial charge on any atom is 0.135 e. The van der Waals surface area contributed by atoms with Crippen LogP contribution in [-0.2, 0) is 35.8 Å². The Kier molecular flexibility index (Phi) is 21.0. The minimum absolute atomic E-state index is 0.437. The van der Waals surface area contributed by atoms with Gasteiger partial charge in [0.1, 0.15) is 11.6 Å². The molecule has 2 aliphatic heterocycles. The normalized spacial score (nSPS) is 14.7. The molecule has 6 nitrogen and oxygen atoms in total. The molecule has 2 fully saturated rings. The number of ketones is 2. The summed E-state index contributed by atoms with van der Waals surface area (Å²) in [7, 11) is 0. The standard InChI is InChI=1S/2C14H15N.2C8H15NO/c2*1-3-7-13(8-4-1)11-15-12-14-9-5-2-6-10-14;2*1-2-5-9-6-3-8(10)4-7-9/h2*1-10,15H,11-12H2;2*2-7H2,1H3. The van der Waals surface area contributed by atoms with Crippen LogP contribution in [0.15, 0.2) is 121 Å². The van der Waals surface area contributed by atoms with E-state index in [2.05, 4.69) is 131 Å². The first-order valence-electron chi connectivity index (χ1n) is 18.6. The molecule has 0 amide bonds. The minimum Gasteiger partial charge on any atom is -0.309 e. The van der Waals surface area contributed by atoms with Crippen LogP contribution in [0.5, 0.6) is 0 Å². The van der Waals surface area contributed by atoms with Gasteiger partial charge in [-0.05, 0) is 48.2 Å². The van der Waals surface area contributed by atoms with Crippen LogP contribution in [0.4, 0.5) is 0 Å². The van der Waals surface area contributed by atoms with Crippen LogP contribution in [0.2, 0.25) is 0 Å². The number of rotatable bonds is 12. The lowest BCUT2D eigenvalue weighted by molar-refractivity contribution is -0.122. The second kappa shape index (κ2) is 25.9. The molecule has 6 rings (SSSR count). The molecule has 0 atom stereocenters. The lowest BCUT2D eigenvalue weighted by Crippen LogP contribution is -2.34. The van der Waals surface area contributed by atoms with Crippen LogP contribution in [-0.4, -0.2) is 60.6 Å². The van der Waals surface area contributed by atoms with Crippen molar-refractivity contribution in [2.45, 2.75) is 78.6 Å². The van der Waals surface area contributed by atoms with E-state index in [-0.39, 0.29) is 0 Å². The van der Waals surface area contributed by atoms with Gasteiger partial charge in [-0.3, -0.25) is 9.59 Å². The Bertz CT molecular complexity index is 1210. The highest BCUT2D eigenvalue weighted by Gasteiger charge is 2.15. The average molecular weight is 677 g/mol. The number of carbonyl (C=O) groups is 2. The molecule has 2 N–H and O–H groups in total. The predicted molar refractivity (Wildman–Crippen MR) is 209 cm³/mol. The van der Waals surface area contributed by atoms with Gasteiger partial charge < -0.3 is 20.4 Å². The van der Waals surface area contributed by atoms with E-state index in [1.807, 2.05) is 24.3 Å². The Balaban J connectivity index is 0.000000184. The molecular formula is C44H60N4O2. The number of Topliss-reactive ketones (excluding diaryl/α,β-unsaturated/α-hetero) is 2. The maximum absolute atomic E-state index is 10.8. The largest absolute Gasteiger partial charge is 0.309 e. The van der Waals surface area contributed by atoms with Gasteiger partial charge in [0, 0.05) is 78.0 Å². The fourth-order valence-electron chi connectivity index (χ4n) is 5.77. The Morgan fingerprint density at radius 3 is 0.880 bits per heavy atom. The van der Waals surface area contributed by atoms with Crippen molar-refractivity contribution in [3.8, 4) is 0 Å². The first-order chi connectivity index (χ1) is 24.6. The molecule has 0 bridgehead atoms. The van der Waals surface area contributed by atoms with Gasteiger partial charge >= 0.3 is 0 Å². The van der Waals surface area contributed by atoms with Crippen LogP contribution < -0.4 is 10.6 Å². The van der Waals surface area contributed by atoms with E-state index in [0.29, 0.717) is 11.6 Å². The number of nitrogens with zero attached hydrogens (tertiary/aromatic N) is 2. The molecule has 6 heteroatoms. The quantitative estimate of drug-likeness (QED) is 0.158. The summed E-state index contributed by atoms with van der Waals surface area (Å²) in [5.41, 5.74) is 5.31. The molecule has 0 saturated carbocycles. The van der Waals surface area contributed by atoms with Gasteiger partial charge in [-0.2, -0.15) is 0 Å². The number of carbonyl (C=O) groups excluding carboxylic acids is 2. The summed E-state index contributed by atoms with van der Waals surface area (Å²) >= 11 is 0. The summed E-state index contributed by atoms with van der Waals surface area (Å²) in [6.45, 7) is 14.4. The second-order valence-electron chi connectivity index (χ2n) is 12.9. The Morgan fingerprint density at radius 1 is 0.420 bits per heavy atom. The number of hydrogen-bond donors (Lipinski definition) is 2. The zero-order chi connectivity index (χ0) is 35.5. The first kappa shape index (κ1) is 40.5. The van der Waals surface area contributed by atoms with Crippen molar-refractivity contribution in [1.82, 2.24) is 20.4 Å². The van der Waals surface area contributed by atoms with Gasteiger partial charge in [0.2, 0.25) is 0 Å². The van der Waals surface area contributed by atoms with E-state index in [4.69, 9.17) is 0 Å². The molecule has 268 valence electrons. The smallest absolute Gasteiger partial charge is 0.135 e. The van der Waals surface area contributed by atoms with Crippen molar-refractivity contribution < 1.29 is 9.59 Å². The summed E-state index contributed by atoms with van der Waals surface area (Å²) in [4.78, 5) is 26.3. The number of nitrogens with one attached hydrogen (secondary N) is 2. The average Bonchev–Trinajstić information content (AvgIpc) is 3.16. The van der Waals surface area contributed by atoms with E-state index in [9.17, 15) is 9.59 Å². The van der Waals surface area contributed by atoms with Crippen molar-refractivity contribution in [3.05, 3.63) is 144 Å². The Labute approximate surface area is 302 Å². The maximum atomic E-state index is 10.8. The van der Waals surface area contributed by atoms with Crippen LogP contribution in [0.25, 0.3) is 0 Å². The number of piperidine rings is 2. The predicted octanol–water partition coefficient (Wildman–Crippen LogP) is 8.08. The molecule has 4 aromatic rings. The monoisotopic (exact) mass is 676 g/mol. The van der Waals surface area contributed by atoms with Crippen molar-refractivity contribution in [2.75, 3.05) is 39.3 Å². The van der Waals surface area contributed by atoms with Crippen molar-refractivity contribution in [2.24, 2.45) is 0 Å². The van der Waals surface area contributed by atoms with Crippen molar-refractivity contribution >= 4 is 11.6 Å².